The van der Waals surface area contributed by atoms with Crippen LogP contribution in [0.25, 0.3) is 0 Å². The number of aromatic nitrogens is 2. The smallest absolute Gasteiger partial charge is 0.330 e. The van der Waals surface area contributed by atoms with Gasteiger partial charge in [-0.25, -0.2) is 4.79 Å². The molecular weight excluding hydrogens is 1170 g/mol. The average molecular weight is 1310 g/mol. The molecule has 1 saturated heterocycles. The van der Waals surface area contributed by atoms with Crippen molar-refractivity contribution in [3.05, 3.63) is 50.3 Å². The summed E-state index contributed by atoms with van der Waals surface area (Å²) in [6.45, 7) is 12.0. The normalized spacial score (nSPS) is 14.6. The van der Waals surface area contributed by atoms with E-state index in [1.54, 1.807) is 26.1 Å². The fourth-order valence-electron chi connectivity index (χ4n) is 12.8. The summed E-state index contributed by atoms with van der Waals surface area (Å²) in [4.78, 5) is 68.7. The number of aromatic amines is 1. The van der Waals surface area contributed by atoms with Crippen LogP contribution in [0.5, 0.6) is 17.2 Å². The number of nitrogens with zero attached hydrogens (tertiary/aromatic N) is 2. The van der Waals surface area contributed by atoms with E-state index < -0.39 is 41.6 Å². The van der Waals surface area contributed by atoms with Crippen molar-refractivity contribution >= 4 is 17.8 Å². The van der Waals surface area contributed by atoms with Crippen LogP contribution in [-0.2, 0) is 23.8 Å². The molecule has 2 aromatic rings. The second kappa shape index (κ2) is 56.8. The molecule has 1 aromatic carbocycles. The van der Waals surface area contributed by atoms with Gasteiger partial charge in [-0.15, -0.1) is 0 Å². The Hall–Kier alpha value is -4.33. The molecule has 0 spiro atoms. The van der Waals surface area contributed by atoms with Gasteiger partial charge in [0.05, 0.1) is 45.3 Å². The maximum absolute atomic E-state index is 14.4. The molecular formula is C79H139N3O11. The number of likely N-dealkylation sites (N-methyl/N-ethyl adjacent to an activating group) is 1. The first-order valence-corrected chi connectivity index (χ1v) is 39.2. The minimum Gasteiger partial charge on any atom is -0.490 e. The van der Waals surface area contributed by atoms with E-state index in [2.05, 4.69) is 25.8 Å². The maximum atomic E-state index is 14.4. The number of H-pyrrole nitrogens is 1. The van der Waals surface area contributed by atoms with Crippen molar-refractivity contribution in [1.82, 2.24) is 14.5 Å². The zero-order valence-corrected chi connectivity index (χ0v) is 60.7. The Bertz CT molecular complexity index is 2220. The lowest BCUT2D eigenvalue weighted by Crippen LogP contribution is -2.33. The SMILES string of the molecule is CCCCCCCCCCCCCCCCCCOc1cc(C(=O)N(C)CCOC(=O)CCC(=O)OC2C[C@H](n3cc(C)c(=O)[nH]c3=O)O[C@@H]2CC)cc(OCCCCCCCCCCCCCCCCCC)c1OCCCCCCCCCCCCCCCCCC. The largest absolute Gasteiger partial charge is 0.490 e. The molecule has 0 aliphatic carbocycles. The number of ether oxygens (including phenoxy) is 6. The van der Waals surface area contributed by atoms with Crippen LogP contribution >= 0.6 is 0 Å². The van der Waals surface area contributed by atoms with Gasteiger partial charge in [-0.05, 0) is 44.7 Å². The summed E-state index contributed by atoms with van der Waals surface area (Å²) in [6.07, 6.45) is 62.3. The Morgan fingerprint density at radius 1 is 0.484 bits per heavy atom. The number of amides is 1. The number of rotatable bonds is 64. The van der Waals surface area contributed by atoms with E-state index in [1.165, 1.54) is 285 Å². The van der Waals surface area contributed by atoms with Crippen molar-refractivity contribution in [2.75, 3.05) is 40.0 Å². The number of unbranched alkanes of at least 4 members (excludes halogenated alkanes) is 45. The van der Waals surface area contributed by atoms with Gasteiger partial charge in [0, 0.05) is 30.8 Å². The molecule has 1 unspecified atom stereocenters. The van der Waals surface area contributed by atoms with Crippen LogP contribution in [0.1, 0.15) is 384 Å². The van der Waals surface area contributed by atoms with Crippen molar-refractivity contribution in [3.63, 3.8) is 0 Å². The van der Waals surface area contributed by atoms with Crippen LogP contribution < -0.4 is 25.5 Å². The monoisotopic (exact) mass is 1310 g/mol. The standard InChI is InChI=1S/C79H139N3O11/c1-7-11-14-17-20-23-26-29-32-35-38-41-44-47-50-53-59-88-71-63-68(78(86)81(6)58-62-90-74(83)56-57-75(84)93-70-65-73(92-69(70)10-4)82-66-67(5)77(85)80-79(82)87)64-72(89-60-54-51-48-45-42-39-36-33-30-27-24-21-18-15-12-8-2)76(71)91-61-55-52-49-46-43-40-37-34-31-28-25-22-19-16-13-9-3/h63-64,66,69-70,73H,7-62,65H2,1-6H3,(H,80,85,87)/t69-,70?,73-/m1/s1. The number of aryl methyl sites for hydroxylation is 1. The number of esters is 2. The van der Waals surface area contributed by atoms with E-state index in [0.717, 1.165) is 38.5 Å². The predicted octanol–water partition coefficient (Wildman–Crippen LogP) is 21.5. The Balaban J connectivity index is 1.60. The molecule has 0 bridgehead atoms. The third kappa shape index (κ3) is 40.7. The summed E-state index contributed by atoms with van der Waals surface area (Å²) in [7, 11) is 1.69. The summed E-state index contributed by atoms with van der Waals surface area (Å²) >= 11 is 0. The summed E-state index contributed by atoms with van der Waals surface area (Å²) < 4.78 is 38.6. The van der Waals surface area contributed by atoms with Crippen molar-refractivity contribution in [1.29, 1.82) is 0 Å². The van der Waals surface area contributed by atoms with E-state index in [9.17, 15) is 24.0 Å². The van der Waals surface area contributed by atoms with Gasteiger partial charge < -0.3 is 33.3 Å². The predicted molar refractivity (Wildman–Crippen MR) is 383 cm³/mol. The molecule has 1 aliphatic rings. The van der Waals surface area contributed by atoms with Gasteiger partial charge in [-0.2, -0.15) is 0 Å². The second-order valence-corrected chi connectivity index (χ2v) is 27.5. The molecule has 536 valence electrons. The molecule has 3 rings (SSSR count). The zero-order chi connectivity index (χ0) is 67.0. The van der Waals surface area contributed by atoms with Crippen molar-refractivity contribution in [2.45, 2.75) is 387 Å². The average Bonchev–Trinajstić information content (AvgIpc) is 1.85. The lowest BCUT2D eigenvalue weighted by molar-refractivity contribution is -0.155. The highest BCUT2D eigenvalue weighted by molar-refractivity contribution is 5.95. The summed E-state index contributed by atoms with van der Waals surface area (Å²) in [6, 6.07) is 3.60. The number of hydrogen-bond acceptors (Lipinski definition) is 11. The Morgan fingerprint density at radius 3 is 1.19 bits per heavy atom. The van der Waals surface area contributed by atoms with Gasteiger partial charge >= 0.3 is 17.6 Å². The van der Waals surface area contributed by atoms with Gasteiger partial charge in [0.15, 0.2) is 11.5 Å². The van der Waals surface area contributed by atoms with Crippen molar-refractivity contribution in [3.8, 4) is 17.2 Å². The van der Waals surface area contributed by atoms with E-state index in [1.807, 2.05) is 6.92 Å². The molecule has 1 fully saturated rings. The number of carbonyl (C=O) groups is 3. The van der Waals surface area contributed by atoms with Crippen molar-refractivity contribution in [2.24, 2.45) is 0 Å². The highest BCUT2D eigenvalue weighted by Gasteiger charge is 2.38. The van der Waals surface area contributed by atoms with E-state index in [4.69, 9.17) is 28.4 Å². The Morgan fingerprint density at radius 2 is 0.828 bits per heavy atom. The third-order valence-electron chi connectivity index (χ3n) is 18.9. The highest BCUT2D eigenvalue weighted by Crippen LogP contribution is 2.40. The van der Waals surface area contributed by atoms with Gasteiger partial charge in [0.1, 0.15) is 18.9 Å². The number of hydrogen-bond donors (Lipinski definition) is 1. The van der Waals surface area contributed by atoms with E-state index >= 15 is 0 Å². The quantitative estimate of drug-likeness (QED) is 0.0495. The fraction of sp³-hybridized carbons (Fsp3) is 0.835. The zero-order valence-electron chi connectivity index (χ0n) is 60.7. The van der Waals surface area contributed by atoms with E-state index in [0.29, 0.717) is 54.6 Å². The van der Waals surface area contributed by atoms with Crippen LogP contribution in [0, 0.1) is 6.92 Å². The second-order valence-electron chi connectivity index (χ2n) is 27.5. The molecule has 1 aliphatic heterocycles. The van der Waals surface area contributed by atoms with Gasteiger partial charge in [-0.3, -0.25) is 28.7 Å². The lowest BCUT2D eigenvalue weighted by atomic mass is 10.0. The summed E-state index contributed by atoms with van der Waals surface area (Å²) in [5.74, 6) is 0.182. The van der Waals surface area contributed by atoms with Crippen LogP contribution in [-0.4, -0.2) is 84.5 Å². The number of carbonyl (C=O) groups excluding carboxylic acids is 3. The van der Waals surface area contributed by atoms with Crippen LogP contribution in [0.15, 0.2) is 27.9 Å². The van der Waals surface area contributed by atoms with Crippen LogP contribution in [0.2, 0.25) is 0 Å². The molecule has 2 heterocycles. The first-order chi connectivity index (χ1) is 45.5. The molecule has 0 saturated carbocycles. The Labute approximate surface area is 567 Å². The summed E-state index contributed by atoms with van der Waals surface area (Å²) in [5, 5.41) is 0. The minimum absolute atomic E-state index is 0.0642. The Kier molecular flexibility index (Phi) is 50.6. The maximum Gasteiger partial charge on any atom is 0.330 e. The fourth-order valence-corrected chi connectivity index (χ4v) is 12.8. The minimum atomic E-state index is -0.717. The van der Waals surface area contributed by atoms with Crippen molar-refractivity contribution < 1.29 is 42.8 Å². The molecule has 0 radical (unpaired) electrons. The van der Waals surface area contributed by atoms with Gasteiger partial charge in [0.2, 0.25) is 5.75 Å². The van der Waals surface area contributed by atoms with Crippen LogP contribution in [0.4, 0.5) is 0 Å². The number of nitrogens with one attached hydrogen (secondary N) is 1. The van der Waals surface area contributed by atoms with Gasteiger partial charge in [-0.1, -0.05) is 317 Å². The van der Waals surface area contributed by atoms with E-state index in [-0.39, 0.29) is 38.3 Å². The molecule has 14 heteroatoms. The first kappa shape index (κ1) is 82.9. The lowest BCUT2D eigenvalue weighted by Gasteiger charge is -2.21. The number of benzene rings is 1. The molecule has 93 heavy (non-hydrogen) atoms. The highest BCUT2D eigenvalue weighted by atomic mass is 16.6. The molecule has 14 nitrogen and oxygen atoms in total. The molecule has 1 N–H and O–H groups in total. The topological polar surface area (TPSA) is 165 Å². The molecule has 1 aromatic heterocycles. The molecule has 3 atom stereocenters. The van der Waals surface area contributed by atoms with Crippen LogP contribution in [0.3, 0.4) is 0 Å². The first-order valence-electron chi connectivity index (χ1n) is 39.2. The third-order valence-corrected chi connectivity index (χ3v) is 18.9. The summed E-state index contributed by atoms with van der Waals surface area (Å²) in [5.41, 5.74) is -0.296. The molecule has 1 amide bonds. The van der Waals surface area contributed by atoms with Gasteiger partial charge in [0.25, 0.3) is 11.5 Å².